The molecule has 1 aromatic heterocycles. The summed E-state index contributed by atoms with van der Waals surface area (Å²) in [4.78, 5) is 11.7. The maximum absolute atomic E-state index is 11.7. The van der Waals surface area contributed by atoms with Gasteiger partial charge in [0.15, 0.2) is 0 Å². The van der Waals surface area contributed by atoms with E-state index >= 15 is 0 Å². The Bertz CT molecular complexity index is 445. The monoisotopic (exact) mass is 250 g/mol. The number of nitrogens with zero attached hydrogens (tertiary/aromatic N) is 4. The number of esters is 1. The Morgan fingerprint density at radius 2 is 2.33 bits per heavy atom. The summed E-state index contributed by atoms with van der Waals surface area (Å²) < 4.78 is 6.57. The van der Waals surface area contributed by atoms with Gasteiger partial charge in [-0.15, -0.1) is 5.10 Å². The van der Waals surface area contributed by atoms with Gasteiger partial charge in [-0.3, -0.25) is 0 Å². The number of fused-ring (bicyclic) bond motifs is 2. The fourth-order valence-electron chi connectivity index (χ4n) is 3.49. The molecule has 0 N–H and O–H groups in total. The number of aromatic nitrogens is 4. The fourth-order valence-corrected chi connectivity index (χ4v) is 3.49. The molecular weight excluding hydrogens is 232 g/mol. The fraction of sp³-hybridized carbons (Fsp3) is 0.833. The van der Waals surface area contributed by atoms with E-state index in [9.17, 15) is 4.79 Å². The molecule has 2 saturated carbocycles. The second kappa shape index (κ2) is 4.66. The molecule has 18 heavy (non-hydrogen) atoms. The summed E-state index contributed by atoms with van der Waals surface area (Å²) in [5.74, 6) is 2.13. The van der Waals surface area contributed by atoms with Crippen molar-refractivity contribution < 1.29 is 9.53 Å². The first kappa shape index (κ1) is 11.6. The topological polar surface area (TPSA) is 69.9 Å². The highest BCUT2D eigenvalue weighted by molar-refractivity contribution is 5.85. The average Bonchev–Trinajstić information content (AvgIpc) is 3.04. The van der Waals surface area contributed by atoms with E-state index in [1.165, 1.54) is 25.7 Å². The Hall–Kier alpha value is -1.46. The summed E-state index contributed by atoms with van der Waals surface area (Å²) in [6, 6.07) is 0. The zero-order valence-corrected chi connectivity index (χ0v) is 10.6. The van der Waals surface area contributed by atoms with Gasteiger partial charge in [-0.05, 0) is 54.4 Å². The molecule has 6 heteroatoms. The minimum atomic E-state index is -0.425. The zero-order valence-electron chi connectivity index (χ0n) is 10.6. The number of hydrogen-bond acceptors (Lipinski definition) is 5. The van der Waals surface area contributed by atoms with Crippen LogP contribution in [0.5, 0.6) is 0 Å². The van der Waals surface area contributed by atoms with Crippen LogP contribution in [0.3, 0.4) is 0 Å². The minimum absolute atomic E-state index is 0.236. The van der Waals surface area contributed by atoms with Crippen molar-refractivity contribution in [1.82, 2.24) is 20.2 Å². The molecule has 2 fully saturated rings. The normalized spacial score (nSPS) is 29.7. The lowest BCUT2D eigenvalue weighted by molar-refractivity contribution is 0.0501. The van der Waals surface area contributed by atoms with Crippen molar-refractivity contribution in [3.63, 3.8) is 0 Å². The standard InChI is InChI=1S/C12H18N4O2/c1-2-18-12(17)11-13-14-15-16(11)7-10-6-8-3-4-9(10)5-8/h8-10H,2-7H2,1H3. The first-order chi connectivity index (χ1) is 8.78. The Kier molecular flexibility index (Phi) is 3.01. The Morgan fingerprint density at radius 1 is 1.44 bits per heavy atom. The van der Waals surface area contributed by atoms with Gasteiger partial charge in [-0.25, -0.2) is 9.48 Å². The van der Waals surface area contributed by atoms with E-state index in [0.29, 0.717) is 12.5 Å². The average molecular weight is 250 g/mol. The van der Waals surface area contributed by atoms with Gasteiger partial charge in [0.1, 0.15) is 0 Å². The van der Waals surface area contributed by atoms with Crippen molar-refractivity contribution in [2.45, 2.75) is 39.2 Å². The van der Waals surface area contributed by atoms with Gasteiger partial charge in [0, 0.05) is 6.54 Å². The van der Waals surface area contributed by atoms with Gasteiger partial charge in [-0.2, -0.15) is 0 Å². The van der Waals surface area contributed by atoms with Crippen molar-refractivity contribution in [1.29, 1.82) is 0 Å². The molecule has 98 valence electrons. The van der Waals surface area contributed by atoms with Gasteiger partial charge in [0.05, 0.1) is 6.61 Å². The van der Waals surface area contributed by atoms with Crippen molar-refractivity contribution in [3.8, 4) is 0 Å². The summed E-state index contributed by atoms with van der Waals surface area (Å²) in [5, 5.41) is 11.3. The highest BCUT2D eigenvalue weighted by Crippen LogP contribution is 2.48. The van der Waals surface area contributed by atoms with Crippen LogP contribution in [0.1, 0.15) is 43.2 Å². The van der Waals surface area contributed by atoms with Gasteiger partial charge < -0.3 is 4.74 Å². The van der Waals surface area contributed by atoms with Crippen molar-refractivity contribution in [2.24, 2.45) is 17.8 Å². The van der Waals surface area contributed by atoms with Crippen molar-refractivity contribution in [2.75, 3.05) is 6.61 Å². The van der Waals surface area contributed by atoms with E-state index in [1.54, 1.807) is 11.6 Å². The van der Waals surface area contributed by atoms with Crippen LogP contribution in [0.25, 0.3) is 0 Å². The van der Waals surface area contributed by atoms with Crippen molar-refractivity contribution in [3.05, 3.63) is 5.82 Å². The third-order valence-corrected chi connectivity index (χ3v) is 4.28. The number of carbonyl (C=O) groups excluding carboxylic acids is 1. The first-order valence-electron chi connectivity index (χ1n) is 6.71. The Balaban J connectivity index is 1.69. The SMILES string of the molecule is CCOC(=O)c1nnnn1CC1CC2CCC1C2. The van der Waals surface area contributed by atoms with Gasteiger partial charge >= 0.3 is 5.97 Å². The molecule has 0 amide bonds. The number of hydrogen-bond donors (Lipinski definition) is 0. The molecule has 2 bridgehead atoms. The Morgan fingerprint density at radius 3 is 3.00 bits per heavy atom. The van der Waals surface area contributed by atoms with Crippen LogP contribution < -0.4 is 0 Å². The molecule has 1 heterocycles. The molecule has 3 unspecified atom stereocenters. The smallest absolute Gasteiger partial charge is 0.378 e. The molecule has 2 aliphatic carbocycles. The zero-order chi connectivity index (χ0) is 12.5. The lowest BCUT2D eigenvalue weighted by Crippen LogP contribution is -2.22. The molecule has 0 saturated heterocycles. The predicted octanol–water partition coefficient (Wildman–Crippen LogP) is 1.29. The van der Waals surface area contributed by atoms with E-state index < -0.39 is 5.97 Å². The second-order valence-electron chi connectivity index (χ2n) is 5.34. The van der Waals surface area contributed by atoms with Gasteiger partial charge in [-0.1, -0.05) is 6.42 Å². The molecule has 0 spiro atoms. The maximum atomic E-state index is 11.7. The highest BCUT2D eigenvalue weighted by Gasteiger charge is 2.40. The van der Waals surface area contributed by atoms with Crippen LogP contribution in [0.2, 0.25) is 0 Å². The van der Waals surface area contributed by atoms with Crippen LogP contribution >= 0.6 is 0 Å². The van der Waals surface area contributed by atoms with Crippen LogP contribution in [0, 0.1) is 17.8 Å². The number of carbonyl (C=O) groups is 1. The third-order valence-electron chi connectivity index (χ3n) is 4.28. The highest BCUT2D eigenvalue weighted by atomic mass is 16.5. The molecule has 6 nitrogen and oxygen atoms in total. The molecular formula is C12H18N4O2. The Labute approximate surface area is 106 Å². The predicted molar refractivity (Wildman–Crippen MR) is 62.7 cm³/mol. The second-order valence-corrected chi connectivity index (χ2v) is 5.34. The molecule has 0 aliphatic heterocycles. The molecule has 0 radical (unpaired) electrons. The summed E-state index contributed by atoms with van der Waals surface area (Å²) in [6.07, 6.45) is 5.31. The quantitative estimate of drug-likeness (QED) is 0.753. The number of tetrazole rings is 1. The molecule has 0 aromatic carbocycles. The van der Waals surface area contributed by atoms with Gasteiger partial charge in [0.25, 0.3) is 5.82 Å². The van der Waals surface area contributed by atoms with E-state index in [1.807, 2.05) is 0 Å². The maximum Gasteiger partial charge on any atom is 0.378 e. The van der Waals surface area contributed by atoms with Crippen LogP contribution in [-0.4, -0.2) is 32.8 Å². The van der Waals surface area contributed by atoms with E-state index in [0.717, 1.165) is 18.4 Å². The van der Waals surface area contributed by atoms with E-state index in [4.69, 9.17) is 4.74 Å². The minimum Gasteiger partial charge on any atom is -0.460 e. The first-order valence-corrected chi connectivity index (χ1v) is 6.71. The molecule has 3 rings (SSSR count). The third kappa shape index (κ3) is 2.00. The number of rotatable bonds is 4. The lowest BCUT2D eigenvalue weighted by Gasteiger charge is -2.21. The summed E-state index contributed by atoms with van der Waals surface area (Å²) in [7, 11) is 0. The summed E-state index contributed by atoms with van der Waals surface area (Å²) in [5.41, 5.74) is 0. The van der Waals surface area contributed by atoms with Crippen LogP contribution in [0.15, 0.2) is 0 Å². The molecule has 3 atom stereocenters. The largest absolute Gasteiger partial charge is 0.460 e. The molecule has 2 aliphatic rings. The van der Waals surface area contributed by atoms with E-state index in [-0.39, 0.29) is 5.82 Å². The molecule has 1 aromatic rings. The summed E-state index contributed by atoms with van der Waals surface area (Å²) >= 11 is 0. The van der Waals surface area contributed by atoms with Gasteiger partial charge in [0.2, 0.25) is 0 Å². The number of ether oxygens (including phenoxy) is 1. The van der Waals surface area contributed by atoms with Crippen LogP contribution in [-0.2, 0) is 11.3 Å². The summed E-state index contributed by atoms with van der Waals surface area (Å²) in [6.45, 7) is 2.88. The van der Waals surface area contributed by atoms with E-state index in [2.05, 4.69) is 15.5 Å². The lowest BCUT2D eigenvalue weighted by atomic mass is 9.89. The van der Waals surface area contributed by atoms with Crippen LogP contribution in [0.4, 0.5) is 0 Å². The van der Waals surface area contributed by atoms with Crippen molar-refractivity contribution >= 4 is 5.97 Å².